The molecule has 0 radical (unpaired) electrons. The molecule has 0 aliphatic heterocycles. The maximum atomic E-state index is 13.1. The van der Waals surface area contributed by atoms with Crippen LogP contribution in [0.1, 0.15) is 45.6 Å². The van der Waals surface area contributed by atoms with Crippen molar-refractivity contribution in [2.24, 2.45) is 5.92 Å². The number of benzene rings is 2. The van der Waals surface area contributed by atoms with Crippen LogP contribution in [-0.4, -0.2) is 50.4 Å². The molecule has 0 unspecified atom stereocenters. The molecule has 0 bridgehead atoms. The van der Waals surface area contributed by atoms with Crippen LogP contribution in [-0.2, 0) is 16.1 Å². The monoisotopic (exact) mass is 448 g/mol. The number of aromatic nitrogens is 4. The zero-order valence-electron chi connectivity index (χ0n) is 19.7. The van der Waals surface area contributed by atoms with Crippen LogP contribution < -0.4 is 5.32 Å². The molecule has 0 fully saturated rings. The summed E-state index contributed by atoms with van der Waals surface area (Å²) in [4.78, 5) is 27.4. The average Bonchev–Trinajstić information content (AvgIpc) is 3.37. The van der Waals surface area contributed by atoms with Gasteiger partial charge in [-0.15, -0.1) is 5.10 Å². The zero-order chi connectivity index (χ0) is 23.8. The summed E-state index contributed by atoms with van der Waals surface area (Å²) in [5.74, 6) is 0.470. The standard InChI is InChI=1S/C25H32N6O2/c1-5-6-11-22(32)31(23(17(2)3)25(33)26-4)16-18-12-14-19(15-13-18)20-9-7-8-10-21(20)24-27-29-30-28-24/h7-10,12-15,17,23H,5-6,11,16H2,1-4H3,(H,26,33)(H,27,28,29,30)/t23-/m0/s1. The number of amides is 2. The average molecular weight is 449 g/mol. The first-order valence-corrected chi connectivity index (χ1v) is 11.4. The van der Waals surface area contributed by atoms with Crippen LogP contribution >= 0.6 is 0 Å². The molecule has 1 heterocycles. The molecule has 3 aromatic rings. The molecule has 1 atom stereocenters. The molecule has 3 rings (SSSR count). The zero-order valence-corrected chi connectivity index (χ0v) is 19.7. The van der Waals surface area contributed by atoms with E-state index < -0.39 is 6.04 Å². The molecule has 2 N–H and O–H groups in total. The minimum Gasteiger partial charge on any atom is -0.357 e. The van der Waals surface area contributed by atoms with Crippen molar-refractivity contribution < 1.29 is 9.59 Å². The van der Waals surface area contributed by atoms with Crippen molar-refractivity contribution in [2.45, 2.75) is 52.6 Å². The van der Waals surface area contributed by atoms with Crippen molar-refractivity contribution in [3.05, 3.63) is 54.1 Å². The third kappa shape index (κ3) is 5.83. The van der Waals surface area contributed by atoms with Gasteiger partial charge >= 0.3 is 0 Å². The number of carbonyl (C=O) groups is 2. The Morgan fingerprint density at radius 2 is 1.76 bits per heavy atom. The molecule has 0 aliphatic rings. The lowest BCUT2D eigenvalue weighted by molar-refractivity contribution is -0.142. The molecule has 0 spiro atoms. The Balaban J connectivity index is 1.88. The highest BCUT2D eigenvalue weighted by atomic mass is 16.2. The molecular weight excluding hydrogens is 416 g/mol. The lowest BCUT2D eigenvalue weighted by atomic mass is 9.97. The maximum Gasteiger partial charge on any atom is 0.242 e. The lowest BCUT2D eigenvalue weighted by Crippen LogP contribution is -2.51. The van der Waals surface area contributed by atoms with E-state index in [-0.39, 0.29) is 17.7 Å². The number of nitrogens with zero attached hydrogens (tertiary/aromatic N) is 4. The second-order valence-corrected chi connectivity index (χ2v) is 8.42. The van der Waals surface area contributed by atoms with Gasteiger partial charge in [-0.05, 0) is 39.5 Å². The Hall–Kier alpha value is -3.55. The smallest absolute Gasteiger partial charge is 0.242 e. The minimum atomic E-state index is -0.515. The second kappa shape index (κ2) is 11.4. The first-order valence-electron chi connectivity index (χ1n) is 11.4. The summed E-state index contributed by atoms with van der Waals surface area (Å²) in [5, 5.41) is 16.9. The molecule has 8 nitrogen and oxygen atoms in total. The highest BCUT2D eigenvalue weighted by Crippen LogP contribution is 2.30. The van der Waals surface area contributed by atoms with Crippen LogP contribution in [0.2, 0.25) is 0 Å². The Kier molecular flexibility index (Phi) is 8.29. The van der Waals surface area contributed by atoms with Crippen molar-refractivity contribution in [3.8, 4) is 22.5 Å². The predicted octanol–water partition coefficient (Wildman–Crippen LogP) is 3.82. The molecule has 0 aliphatic carbocycles. The van der Waals surface area contributed by atoms with Gasteiger partial charge in [0.15, 0.2) is 5.82 Å². The molecule has 1 aromatic heterocycles. The second-order valence-electron chi connectivity index (χ2n) is 8.42. The van der Waals surface area contributed by atoms with Gasteiger partial charge in [-0.3, -0.25) is 9.59 Å². The fourth-order valence-corrected chi connectivity index (χ4v) is 3.97. The Morgan fingerprint density at radius 1 is 1.06 bits per heavy atom. The minimum absolute atomic E-state index is 0.00260. The number of hydrogen-bond donors (Lipinski definition) is 2. The van der Waals surface area contributed by atoms with Gasteiger partial charge in [0, 0.05) is 25.6 Å². The first kappa shape index (κ1) is 24.1. The van der Waals surface area contributed by atoms with Crippen molar-refractivity contribution in [3.63, 3.8) is 0 Å². The van der Waals surface area contributed by atoms with E-state index in [1.54, 1.807) is 11.9 Å². The summed E-state index contributed by atoms with van der Waals surface area (Å²) in [7, 11) is 1.61. The van der Waals surface area contributed by atoms with E-state index in [1.807, 2.05) is 62.4 Å². The van der Waals surface area contributed by atoms with Crippen molar-refractivity contribution >= 4 is 11.8 Å². The van der Waals surface area contributed by atoms with E-state index in [4.69, 9.17) is 0 Å². The SMILES string of the molecule is CCCCC(=O)N(Cc1ccc(-c2ccccc2-c2nnn[nH]2)cc1)[C@H](C(=O)NC)C(C)C. The lowest BCUT2D eigenvalue weighted by Gasteiger charge is -2.33. The molecule has 174 valence electrons. The van der Waals surface area contributed by atoms with Crippen LogP contribution in [0.3, 0.4) is 0 Å². The molecule has 8 heteroatoms. The Morgan fingerprint density at radius 3 is 2.33 bits per heavy atom. The van der Waals surface area contributed by atoms with E-state index in [1.165, 1.54) is 0 Å². The number of carbonyl (C=O) groups excluding carboxylic acids is 2. The van der Waals surface area contributed by atoms with Crippen LogP contribution in [0.25, 0.3) is 22.5 Å². The molecule has 2 amide bonds. The van der Waals surface area contributed by atoms with Crippen molar-refractivity contribution in [1.29, 1.82) is 0 Å². The summed E-state index contributed by atoms with van der Waals surface area (Å²) >= 11 is 0. The molecule has 2 aromatic carbocycles. The summed E-state index contributed by atoms with van der Waals surface area (Å²) in [6, 6.07) is 15.5. The first-order chi connectivity index (χ1) is 16.0. The number of nitrogens with one attached hydrogen (secondary N) is 2. The summed E-state index contributed by atoms with van der Waals surface area (Å²) in [6.45, 7) is 6.38. The molecule has 0 saturated carbocycles. The van der Waals surface area contributed by atoms with Crippen molar-refractivity contribution in [1.82, 2.24) is 30.8 Å². The van der Waals surface area contributed by atoms with Gasteiger partial charge in [-0.1, -0.05) is 75.7 Å². The number of rotatable bonds is 10. The Labute approximate surface area is 194 Å². The number of H-pyrrole nitrogens is 1. The maximum absolute atomic E-state index is 13.1. The van der Waals surface area contributed by atoms with Gasteiger partial charge < -0.3 is 10.2 Å². The molecular formula is C25H32N6O2. The van der Waals surface area contributed by atoms with Crippen LogP contribution in [0, 0.1) is 5.92 Å². The normalized spacial score (nSPS) is 11.9. The van der Waals surface area contributed by atoms with Gasteiger partial charge in [0.1, 0.15) is 6.04 Å². The largest absolute Gasteiger partial charge is 0.357 e. The van der Waals surface area contributed by atoms with Gasteiger partial charge in [-0.2, -0.15) is 0 Å². The summed E-state index contributed by atoms with van der Waals surface area (Å²) < 4.78 is 0. The van der Waals surface area contributed by atoms with Crippen molar-refractivity contribution in [2.75, 3.05) is 7.05 Å². The number of tetrazole rings is 1. The number of hydrogen-bond acceptors (Lipinski definition) is 5. The molecule has 0 saturated heterocycles. The fraction of sp³-hybridized carbons (Fsp3) is 0.400. The predicted molar refractivity (Wildman–Crippen MR) is 128 cm³/mol. The van der Waals surface area contributed by atoms with E-state index in [0.717, 1.165) is 35.1 Å². The quantitative estimate of drug-likeness (QED) is 0.491. The third-order valence-corrected chi connectivity index (χ3v) is 5.69. The van der Waals surface area contributed by atoms with Gasteiger partial charge in [0.25, 0.3) is 0 Å². The topological polar surface area (TPSA) is 104 Å². The molecule has 33 heavy (non-hydrogen) atoms. The fourth-order valence-electron chi connectivity index (χ4n) is 3.97. The highest BCUT2D eigenvalue weighted by Gasteiger charge is 2.31. The van der Waals surface area contributed by atoms with Crippen LogP contribution in [0.5, 0.6) is 0 Å². The van der Waals surface area contributed by atoms with E-state index in [9.17, 15) is 9.59 Å². The van der Waals surface area contributed by atoms with E-state index in [0.29, 0.717) is 18.8 Å². The summed E-state index contributed by atoms with van der Waals surface area (Å²) in [5.41, 5.74) is 3.90. The third-order valence-electron chi connectivity index (χ3n) is 5.69. The van der Waals surface area contributed by atoms with Crippen LogP contribution in [0.4, 0.5) is 0 Å². The van der Waals surface area contributed by atoms with Gasteiger partial charge in [0.2, 0.25) is 11.8 Å². The van der Waals surface area contributed by atoms with E-state index >= 15 is 0 Å². The van der Waals surface area contributed by atoms with Gasteiger partial charge in [-0.25, -0.2) is 5.10 Å². The number of likely N-dealkylation sites (N-methyl/N-ethyl adjacent to an activating group) is 1. The van der Waals surface area contributed by atoms with E-state index in [2.05, 4.69) is 32.9 Å². The highest BCUT2D eigenvalue weighted by molar-refractivity contribution is 5.87. The number of aromatic amines is 1. The number of unbranched alkanes of at least 4 members (excludes halogenated alkanes) is 1. The Bertz CT molecular complexity index is 1050. The summed E-state index contributed by atoms with van der Waals surface area (Å²) in [6.07, 6.45) is 2.17. The van der Waals surface area contributed by atoms with Crippen LogP contribution in [0.15, 0.2) is 48.5 Å². The van der Waals surface area contributed by atoms with Gasteiger partial charge in [0.05, 0.1) is 0 Å².